The molecule has 0 unspecified atom stereocenters. The van der Waals surface area contributed by atoms with E-state index in [1.54, 1.807) is 4.90 Å². The van der Waals surface area contributed by atoms with Gasteiger partial charge in [0.2, 0.25) is 15.9 Å². The first-order chi connectivity index (χ1) is 7.48. The molecule has 1 aliphatic heterocycles. The second kappa shape index (κ2) is 5.63. The molecule has 1 rings (SSSR count). The van der Waals surface area contributed by atoms with Crippen LogP contribution in [0, 0.1) is 5.92 Å². The molecule has 0 aromatic rings. The van der Waals surface area contributed by atoms with Crippen molar-refractivity contribution in [1.29, 1.82) is 0 Å². The normalized spacial score (nSPS) is 18.8. The second-order valence-electron chi connectivity index (χ2n) is 4.20. The van der Waals surface area contributed by atoms with Crippen molar-refractivity contribution in [3.8, 4) is 0 Å². The van der Waals surface area contributed by atoms with Gasteiger partial charge in [0.25, 0.3) is 0 Å². The van der Waals surface area contributed by atoms with E-state index in [4.69, 9.17) is 0 Å². The van der Waals surface area contributed by atoms with Crippen LogP contribution in [0.1, 0.15) is 26.2 Å². The van der Waals surface area contributed by atoms with Crippen molar-refractivity contribution in [2.45, 2.75) is 26.2 Å². The van der Waals surface area contributed by atoms with E-state index in [9.17, 15) is 13.2 Å². The van der Waals surface area contributed by atoms with Crippen molar-refractivity contribution in [2.75, 3.05) is 25.9 Å². The molecule has 1 fully saturated rings. The number of likely N-dealkylation sites (tertiary alicyclic amines) is 1. The Labute approximate surface area is 97.2 Å². The average molecular weight is 248 g/mol. The monoisotopic (exact) mass is 248 g/mol. The molecule has 0 aromatic heterocycles. The zero-order valence-electron chi connectivity index (χ0n) is 9.90. The summed E-state index contributed by atoms with van der Waals surface area (Å²) < 4.78 is 24.6. The molecule has 16 heavy (non-hydrogen) atoms. The van der Waals surface area contributed by atoms with Gasteiger partial charge in [-0.15, -0.1) is 0 Å². The van der Waals surface area contributed by atoms with Gasteiger partial charge in [0, 0.05) is 13.1 Å². The Morgan fingerprint density at radius 3 is 2.38 bits per heavy atom. The maximum atomic E-state index is 11.7. The predicted octanol–water partition coefficient (Wildman–Crippen LogP) is 0.184. The average Bonchev–Trinajstić information content (AvgIpc) is 2.28. The van der Waals surface area contributed by atoms with Crippen LogP contribution in [0.4, 0.5) is 0 Å². The minimum Gasteiger partial charge on any atom is -0.342 e. The van der Waals surface area contributed by atoms with E-state index in [-0.39, 0.29) is 5.91 Å². The topological polar surface area (TPSA) is 66.5 Å². The summed E-state index contributed by atoms with van der Waals surface area (Å²) in [6.07, 6.45) is 3.11. The summed E-state index contributed by atoms with van der Waals surface area (Å²) in [7, 11) is -2.10. The number of hydrogen-bond donors (Lipinski definition) is 1. The third kappa shape index (κ3) is 3.75. The van der Waals surface area contributed by atoms with Crippen LogP contribution in [-0.2, 0) is 14.8 Å². The highest BCUT2D eigenvalue weighted by atomic mass is 32.2. The lowest BCUT2D eigenvalue weighted by Gasteiger charge is -2.31. The minimum atomic E-state index is -3.43. The second-order valence-corrected chi connectivity index (χ2v) is 6.12. The number of rotatable bonds is 4. The van der Waals surface area contributed by atoms with Crippen LogP contribution in [0.15, 0.2) is 0 Å². The fourth-order valence-corrected chi connectivity index (χ4v) is 2.57. The molecule has 0 aliphatic carbocycles. The van der Waals surface area contributed by atoms with Gasteiger partial charge in [-0.25, -0.2) is 13.1 Å². The Morgan fingerprint density at radius 1 is 1.38 bits per heavy atom. The van der Waals surface area contributed by atoms with Gasteiger partial charge in [-0.3, -0.25) is 4.79 Å². The summed E-state index contributed by atoms with van der Waals surface area (Å²) in [5.41, 5.74) is 0. The Hall–Kier alpha value is -0.620. The van der Waals surface area contributed by atoms with Crippen molar-refractivity contribution in [3.05, 3.63) is 0 Å². The largest absolute Gasteiger partial charge is 0.342 e. The van der Waals surface area contributed by atoms with Gasteiger partial charge in [-0.1, -0.05) is 13.3 Å². The first-order valence-corrected chi connectivity index (χ1v) is 7.32. The SMILES string of the molecule is CCC1CCN(C(=O)CS(=O)(=O)NC)CC1. The number of nitrogens with one attached hydrogen (secondary N) is 1. The fourth-order valence-electron chi connectivity index (χ4n) is 1.92. The highest BCUT2D eigenvalue weighted by Gasteiger charge is 2.24. The van der Waals surface area contributed by atoms with Crippen LogP contribution in [0.2, 0.25) is 0 Å². The lowest BCUT2D eigenvalue weighted by molar-refractivity contribution is -0.129. The number of hydrogen-bond acceptors (Lipinski definition) is 3. The third-order valence-electron chi connectivity index (χ3n) is 3.17. The zero-order valence-corrected chi connectivity index (χ0v) is 10.7. The van der Waals surface area contributed by atoms with Crippen LogP contribution in [0.3, 0.4) is 0 Å². The number of amides is 1. The minimum absolute atomic E-state index is 0.288. The number of piperidine rings is 1. The molecule has 0 bridgehead atoms. The molecule has 0 saturated carbocycles. The van der Waals surface area contributed by atoms with Crippen molar-refractivity contribution < 1.29 is 13.2 Å². The molecular weight excluding hydrogens is 228 g/mol. The van der Waals surface area contributed by atoms with E-state index >= 15 is 0 Å². The van der Waals surface area contributed by atoms with Gasteiger partial charge in [-0.05, 0) is 25.8 Å². The Bertz CT molecular complexity index is 332. The molecular formula is C10H20N2O3S. The Balaban J connectivity index is 2.45. The molecule has 0 atom stereocenters. The molecule has 0 spiro atoms. The Morgan fingerprint density at radius 2 is 1.94 bits per heavy atom. The van der Waals surface area contributed by atoms with Crippen LogP contribution >= 0.6 is 0 Å². The van der Waals surface area contributed by atoms with Gasteiger partial charge in [-0.2, -0.15) is 0 Å². The van der Waals surface area contributed by atoms with E-state index in [0.29, 0.717) is 19.0 Å². The summed E-state index contributed by atoms with van der Waals surface area (Å²) in [6, 6.07) is 0. The fraction of sp³-hybridized carbons (Fsp3) is 0.900. The highest BCUT2D eigenvalue weighted by Crippen LogP contribution is 2.19. The highest BCUT2D eigenvalue weighted by molar-refractivity contribution is 7.90. The van der Waals surface area contributed by atoms with Crippen molar-refractivity contribution in [1.82, 2.24) is 9.62 Å². The Kier molecular flexibility index (Phi) is 4.73. The van der Waals surface area contributed by atoms with Crippen LogP contribution in [-0.4, -0.2) is 45.1 Å². The molecule has 5 nitrogen and oxygen atoms in total. The van der Waals surface area contributed by atoms with E-state index in [1.807, 2.05) is 0 Å². The van der Waals surface area contributed by atoms with Crippen molar-refractivity contribution >= 4 is 15.9 Å². The number of sulfonamides is 1. The lowest BCUT2D eigenvalue weighted by Crippen LogP contribution is -2.42. The quantitative estimate of drug-likeness (QED) is 0.772. The summed E-state index contributed by atoms with van der Waals surface area (Å²) in [4.78, 5) is 13.3. The van der Waals surface area contributed by atoms with Crippen LogP contribution in [0.5, 0.6) is 0 Å². The maximum absolute atomic E-state index is 11.7. The molecule has 1 amide bonds. The van der Waals surface area contributed by atoms with Crippen LogP contribution in [0.25, 0.3) is 0 Å². The molecule has 0 radical (unpaired) electrons. The number of nitrogens with zero attached hydrogens (tertiary/aromatic N) is 1. The molecule has 1 heterocycles. The predicted molar refractivity (Wildman–Crippen MR) is 62.4 cm³/mol. The molecule has 1 aliphatic rings. The van der Waals surface area contributed by atoms with E-state index in [1.165, 1.54) is 7.05 Å². The summed E-state index contributed by atoms with van der Waals surface area (Å²) in [5.74, 6) is -0.0332. The van der Waals surface area contributed by atoms with Gasteiger partial charge in [0.1, 0.15) is 5.75 Å². The van der Waals surface area contributed by atoms with Gasteiger partial charge in [0.05, 0.1) is 0 Å². The molecule has 6 heteroatoms. The van der Waals surface area contributed by atoms with E-state index < -0.39 is 15.8 Å². The van der Waals surface area contributed by atoms with E-state index in [2.05, 4.69) is 11.6 Å². The maximum Gasteiger partial charge on any atom is 0.239 e. The van der Waals surface area contributed by atoms with Gasteiger partial charge < -0.3 is 4.90 Å². The molecule has 94 valence electrons. The van der Waals surface area contributed by atoms with Crippen LogP contribution < -0.4 is 4.72 Å². The third-order valence-corrected chi connectivity index (χ3v) is 4.42. The number of carbonyl (C=O) groups excluding carboxylic acids is 1. The first-order valence-electron chi connectivity index (χ1n) is 5.67. The van der Waals surface area contributed by atoms with Gasteiger partial charge >= 0.3 is 0 Å². The standard InChI is InChI=1S/C10H20N2O3S/c1-3-9-4-6-12(7-5-9)10(13)8-16(14,15)11-2/h9,11H,3-8H2,1-2H3. The van der Waals surface area contributed by atoms with Crippen molar-refractivity contribution in [2.24, 2.45) is 5.92 Å². The van der Waals surface area contributed by atoms with Crippen molar-refractivity contribution in [3.63, 3.8) is 0 Å². The van der Waals surface area contributed by atoms with E-state index in [0.717, 1.165) is 19.3 Å². The summed E-state index contributed by atoms with van der Waals surface area (Å²) in [6.45, 7) is 3.53. The molecule has 1 N–H and O–H groups in total. The smallest absolute Gasteiger partial charge is 0.239 e. The number of carbonyl (C=O) groups is 1. The summed E-state index contributed by atoms with van der Waals surface area (Å²) in [5, 5.41) is 0. The molecule has 0 aromatic carbocycles. The lowest BCUT2D eigenvalue weighted by atomic mass is 9.94. The summed E-state index contributed by atoms with van der Waals surface area (Å²) >= 11 is 0. The van der Waals surface area contributed by atoms with Gasteiger partial charge in [0.15, 0.2) is 0 Å². The molecule has 1 saturated heterocycles. The zero-order chi connectivity index (χ0) is 12.2. The first kappa shape index (κ1) is 13.4.